The van der Waals surface area contributed by atoms with E-state index >= 15 is 0 Å². The van der Waals surface area contributed by atoms with Crippen molar-refractivity contribution < 1.29 is 22.7 Å². The molecule has 0 aliphatic rings. The van der Waals surface area contributed by atoms with Gasteiger partial charge in [-0.2, -0.15) is 0 Å². The Balaban J connectivity index is 2.09. The van der Waals surface area contributed by atoms with Crippen LogP contribution in [0.3, 0.4) is 0 Å². The Labute approximate surface area is 231 Å². The molecule has 9 heteroatoms. The number of carbonyl (C=O) groups excluding carboxylic acids is 2. The van der Waals surface area contributed by atoms with Gasteiger partial charge in [0.05, 0.1) is 17.7 Å². The maximum atomic E-state index is 14.1. The average molecular weight is 552 g/mol. The van der Waals surface area contributed by atoms with Crippen molar-refractivity contribution in [3.8, 4) is 5.75 Å². The number of hydrogen-bond donors (Lipinski definition) is 1. The first-order chi connectivity index (χ1) is 18.7. The van der Waals surface area contributed by atoms with Crippen molar-refractivity contribution in [3.63, 3.8) is 0 Å². The summed E-state index contributed by atoms with van der Waals surface area (Å²) in [6.45, 7) is 5.76. The van der Waals surface area contributed by atoms with E-state index in [9.17, 15) is 18.0 Å². The number of nitrogens with zero attached hydrogens (tertiary/aromatic N) is 2. The smallest absolute Gasteiger partial charge is 0.264 e. The van der Waals surface area contributed by atoms with Crippen LogP contribution >= 0.6 is 0 Å². The zero-order valence-corrected chi connectivity index (χ0v) is 23.8. The molecule has 0 aromatic heterocycles. The van der Waals surface area contributed by atoms with E-state index in [2.05, 4.69) is 5.32 Å². The van der Waals surface area contributed by atoms with Crippen LogP contribution in [0.25, 0.3) is 0 Å². The number of nitrogens with one attached hydrogen (secondary N) is 1. The highest BCUT2D eigenvalue weighted by atomic mass is 32.2. The van der Waals surface area contributed by atoms with Crippen molar-refractivity contribution in [2.45, 2.75) is 51.1 Å². The number of anilines is 1. The fourth-order valence-corrected chi connectivity index (χ4v) is 5.73. The van der Waals surface area contributed by atoms with Gasteiger partial charge in [-0.15, -0.1) is 0 Å². The van der Waals surface area contributed by atoms with Crippen molar-refractivity contribution in [1.82, 2.24) is 10.2 Å². The number of carbonyl (C=O) groups is 2. The van der Waals surface area contributed by atoms with Crippen LogP contribution in [0.1, 0.15) is 37.8 Å². The van der Waals surface area contributed by atoms with Gasteiger partial charge in [0.15, 0.2) is 0 Å². The number of amides is 2. The maximum absolute atomic E-state index is 14.1. The summed E-state index contributed by atoms with van der Waals surface area (Å²) in [6.07, 6.45) is 1.12. The maximum Gasteiger partial charge on any atom is 0.264 e. The number of ether oxygens (including phenoxy) is 1. The molecule has 1 atom stereocenters. The predicted molar refractivity (Wildman–Crippen MR) is 153 cm³/mol. The molecule has 208 valence electrons. The standard InChI is InChI=1S/C30H37N3O5S/c1-5-19-31-30(35)26(6-2)32(21-24-13-9-7-10-14-24)29(34)22-33(27-20-23(3)17-18-28(27)38-4)39(36,37)25-15-11-8-12-16-25/h7-18,20,26H,5-6,19,21-22H2,1-4H3,(H,31,35)/t26-/m1/s1. The minimum atomic E-state index is -4.17. The van der Waals surface area contributed by atoms with Crippen LogP contribution in [0.15, 0.2) is 83.8 Å². The molecule has 3 aromatic rings. The Morgan fingerprint density at radius 2 is 1.59 bits per heavy atom. The van der Waals surface area contributed by atoms with Gasteiger partial charge in [-0.25, -0.2) is 8.42 Å². The van der Waals surface area contributed by atoms with Gasteiger partial charge < -0.3 is 15.0 Å². The highest BCUT2D eigenvalue weighted by Crippen LogP contribution is 2.33. The fourth-order valence-electron chi connectivity index (χ4n) is 4.29. The largest absolute Gasteiger partial charge is 0.495 e. The molecule has 0 heterocycles. The van der Waals surface area contributed by atoms with Crippen molar-refractivity contribution in [2.24, 2.45) is 0 Å². The zero-order valence-electron chi connectivity index (χ0n) is 23.0. The normalized spacial score (nSPS) is 11.9. The number of rotatable bonds is 13. The molecule has 3 aromatic carbocycles. The monoisotopic (exact) mass is 551 g/mol. The molecule has 0 spiro atoms. The molecule has 0 unspecified atom stereocenters. The number of methoxy groups -OCH3 is 1. The van der Waals surface area contributed by atoms with E-state index in [1.807, 2.05) is 57.2 Å². The predicted octanol–water partition coefficient (Wildman–Crippen LogP) is 4.53. The summed E-state index contributed by atoms with van der Waals surface area (Å²) in [5.74, 6) is -0.454. The van der Waals surface area contributed by atoms with E-state index in [1.165, 1.54) is 24.1 Å². The van der Waals surface area contributed by atoms with Crippen molar-refractivity contribution >= 4 is 27.5 Å². The SMILES string of the molecule is CCCNC(=O)[C@@H](CC)N(Cc1ccccc1)C(=O)CN(c1cc(C)ccc1OC)S(=O)(=O)c1ccccc1. The van der Waals surface area contributed by atoms with E-state index in [0.717, 1.165) is 21.9 Å². The minimum absolute atomic E-state index is 0.0451. The molecular formula is C30H37N3O5S. The second-order valence-corrected chi connectivity index (χ2v) is 11.1. The highest BCUT2D eigenvalue weighted by Gasteiger charge is 2.34. The van der Waals surface area contributed by atoms with Gasteiger partial charge in [0, 0.05) is 13.1 Å². The third-order valence-corrected chi connectivity index (χ3v) is 8.12. The first-order valence-electron chi connectivity index (χ1n) is 13.1. The highest BCUT2D eigenvalue weighted by molar-refractivity contribution is 7.92. The van der Waals surface area contributed by atoms with Gasteiger partial charge in [-0.05, 0) is 55.2 Å². The third-order valence-electron chi connectivity index (χ3n) is 6.34. The Hall–Kier alpha value is -3.85. The van der Waals surface area contributed by atoms with Gasteiger partial charge in [0.1, 0.15) is 18.3 Å². The van der Waals surface area contributed by atoms with E-state index in [1.54, 1.807) is 30.3 Å². The molecule has 0 aliphatic carbocycles. The molecule has 8 nitrogen and oxygen atoms in total. The lowest BCUT2D eigenvalue weighted by molar-refractivity contribution is -0.140. The lowest BCUT2D eigenvalue weighted by Crippen LogP contribution is -2.52. The van der Waals surface area contributed by atoms with Crippen LogP contribution in [0.4, 0.5) is 5.69 Å². The van der Waals surface area contributed by atoms with Gasteiger partial charge in [0.2, 0.25) is 11.8 Å². The molecule has 0 saturated heterocycles. The Bertz CT molecular complexity index is 1350. The second-order valence-electron chi connectivity index (χ2n) is 9.22. The molecule has 0 bridgehead atoms. The minimum Gasteiger partial charge on any atom is -0.495 e. The lowest BCUT2D eigenvalue weighted by atomic mass is 10.1. The third kappa shape index (κ3) is 7.38. The number of sulfonamides is 1. The van der Waals surface area contributed by atoms with Gasteiger partial charge in [-0.1, -0.05) is 68.4 Å². The van der Waals surface area contributed by atoms with Crippen molar-refractivity contribution in [1.29, 1.82) is 0 Å². The Kier molecular flexibility index (Phi) is 10.5. The Morgan fingerprint density at radius 1 is 0.949 bits per heavy atom. The van der Waals surface area contributed by atoms with Crippen LogP contribution in [0, 0.1) is 6.92 Å². The van der Waals surface area contributed by atoms with Crippen LogP contribution in [-0.2, 0) is 26.2 Å². The lowest BCUT2D eigenvalue weighted by Gasteiger charge is -2.33. The molecule has 2 amide bonds. The van der Waals surface area contributed by atoms with Crippen LogP contribution in [-0.4, -0.2) is 51.4 Å². The van der Waals surface area contributed by atoms with Gasteiger partial charge in [0.25, 0.3) is 10.0 Å². The summed E-state index contributed by atoms with van der Waals surface area (Å²) in [6, 6.07) is 21.7. The van der Waals surface area contributed by atoms with E-state index in [0.29, 0.717) is 18.7 Å². The van der Waals surface area contributed by atoms with Crippen LogP contribution in [0.2, 0.25) is 0 Å². The fraction of sp³-hybridized carbons (Fsp3) is 0.333. The second kappa shape index (κ2) is 13.8. The first kappa shape index (κ1) is 29.7. The van der Waals surface area contributed by atoms with Crippen LogP contribution in [0.5, 0.6) is 5.75 Å². The average Bonchev–Trinajstić information content (AvgIpc) is 2.95. The summed E-state index contributed by atoms with van der Waals surface area (Å²) in [5.41, 5.74) is 1.88. The number of benzene rings is 3. The van der Waals surface area contributed by atoms with Gasteiger partial charge >= 0.3 is 0 Å². The van der Waals surface area contributed by atoms with E-state index in [-0.39, 0.29) is 23.0 Å². The van der Waals surface area contributed by atoms with Crippen LogP contribution < -0.4 is 14.4 Å². The van der Waals surface area contributed by atoms with E-state index < -0.39 is 28.5 Å². The Morgan fingerprint density at radius 3 is 2.18 bits per heavy atom. The molecule has 1 N–H and O–H groups in total. The summed E-state index contributed by atoms with van der Waals surface area (Å²) in [5, 5.41) is 2.89. The molecular weight excluding hydrogens is 514 g/mol. The number of hydrogen-bond acceptors (Lipinski definition) is 5. The van der Waals surface area contributed by atoms with E-state index in [4.69, 9.17) is 4.74 Å². The molecule has 0 saturated carbocycles. The molecule has 0 fully saturated rings. The summed E-state index contributed by atoms with van der Waals surface area (Å²) < 4.78 is 34.5. The topological polar surface area (TPSA) is 96.0 Å². The van der Waals surface area contributed by atoms with Gasteiger partial charge in [-0.3, -0.25) is 13.9 Å². The number of aryl methyl sites for hydroxylation is 1. The quantitative estimate of drug-likeness (QED) is 0.337. The summed E-state index contributed by atoms with van der Waals surface area (Å²) >= 11 is 0. The van der Waals surface area contributed by atoms with Crippen molar-refractivity contribution in [2.75, 3.05) is 24.5 Å². The summed E-state index contributed by atoms with van der Waals surface area (Å²) in [7, 11) is -2.71. The first-order valence-corrected chi connectivity index (χ1v) is 14.5. The molecule has 0 aliphatic heterocycles. The van der Waals surface area contributed by atoms with Crippen molar-refractivity contribution in [3.05, 3.63) is 90.0 Å². The molecule has 0 radical (unpaired) electrons. The molecule has 3 rings (SSSR count). The molecule has 39 heavy (non-hydrogen) atoms. The summed E-state index contributed by atoms with van der Waals surface area (Å²) in [4.78, 5) is 28.7. The zero-order chi connectivity index (χ0) is 28.4.